The number of carbonyl (C=O) groups excluding carboxylic acids is 1. The Morgan fingerprint density at radius 3 is 2.37 bits per heavy atom. The van der Waals surface area contributed by atoms with Gasteiger partial charge in [0.2, 0.25) is 0 Å². The molecule has 4 nitrogen and oxygen atoms in total. The van der Waals surface area contributed by atoms with Crippen molar-refractivity contribution in [3.05, 3.63) is 95.1 Å². The van der Waals surface area contributed by atoms with E-state index in [0.717, 1.165) is 11.1 Å². The van der Waals surface area contributed by atoms with E-state index in [4.69, 9.17) is 4.74 Å². The van der Waals surface area contributed by atoms with Gasteiger partial charge in [0.25, 0.3) is 0 Å². The Bertz CT molecular complexity index is 1040. The number of rotatable bonds is 6. The lowest BCUT2D eigenvalue weighted by molar-refractivity contribution is 0.143. The number of fused-ring (bicyclic) bond motifs is 3. The van der Waals surface area contributed by atoms with Gasteiger partial charge in [-0.1, -0.05) is 72.8 Å². The molecule has 0 radical (unpaired) electrons. The first-order chi connectivity index (χ1) is 14.6. The molecule has 1 aliphatic rings. The molecule has 0 unspecified atom stereocenters. The Labute approximate surface area is 176 Å². The summed E-state index contributed by atoms with van der Waals surface area (Å²) >= 11 is 0. The third-order valence-electron chi connectivity index (χ3n) is 5.47. The van der Waals surface area contributed by atoms with Crippen LogP contribution in [0.25, 0.3) is 17.2 Å². The fourth-order valence-electron chi connectivity index (χ4n) is 3.86. The van der Waals surface area contributed by atoms with Gasteiger partial charge in [-0.25, -0.2) is 4.79 Å². The van der Waals surface area contributed by atoms with Crippen LogP contribution in [0.1, 0.15) is 34.6 Å². The highest BCUT2D eigenvalue weighted by Gasteiger charge is 2.28. The average Bonchev–Trinajstić information content (AvgIpc) is 3.08. The number of alkyl carbamates (subject to hydrolysis) is 1. The third-order valence-corrected chi connectivity index (χ3v) is 5.47. The smallest absolute Gasteiger partial charge is 0.407 e. The molecule has 3 aromatic carbocycles. The second-order valence-corrected chi connectivity index (χ2v) is 7.49. The largest absolute Gasteiger partial charge is 0.508 e. The summed E-state index contributed by atoms with van der Waals surface area (Å²) in [6.45, 7) is 2.67. The van der Waals surface area contributed by atoms with Crippen LogP contribution in [0, 0.1) is 6.92 Å². The number of nitrogens with one attached hydrogen (secondary N) is 1. The lowest BCUT2D eigenvalue weighted by Crippen LogP contribution is -2.26. The number of benzene rings is 3. The van der Waals surface area contributed by atoms with Crippen molar-refractivity contribution in [3.63, 3.8) is 0 Å². The molecular formula is C26H25NO3. The van der Waals surface area contributed by atoms with Crippen LogP contribution in [0.4, 0.5) is 4.79 Å². The van der Waals surface area contributed by atoms with Crippen molar-refractivity contribution in [3.8, 4) is 16.9 Å². The van der Waals surface area contributed by atoms with Crippen molar-refractivity contribution in [2.75, 3.05) is 13.2 Å². The summed E-state index contributed by atoms with van der Waals surface area (Å²) in [4.78, 5) is 12.1. The van der Waals surface area contributed by atoms with Crippen LogP contribution in [0.2, 0.25) is 0 Å². The Hall–Kier alpha value is -3.53. The molecule has 30 heavy (non-hydrogen) atoms. The predicted molar refractivity (Wildman–Crippen MR) is 120 cm³/mol. The maximum Gasteiger partial charge on any atom is 0.407 e. The van der Waals surface area contributed by atoms with E-state index in [0.29, 0.717) is 19.6 Å². The zero-order chi connectivity index (χ0) is 20.9. The number of phenolic OH excluding ortho intramolecular Hbond substituents is 1. The summed E-state index contributed by atoms with van der Waals surface area (Å²) in [6.07, 6.45) is 4.17. The monoisotopic (exact) mass is 399 g/mol. The first-order valence-corrected chi connectivity index (χ1v) is 10.2. The number of phenols is 1. The van der Waals surface area contributed by atoms with Crippen LogP contribution in [0.15, 0.2) is 72.8 Å². The molecule has 0 spiro atoms. The number of aryl methyl sites for hydroxylation is 1. The second-order valence-electron chi connectivity index (χ2n) is 7.49. The first-order valence-electron chi connectivity index (χ1n) is 10.2. The van der Waals surface area contributed by atoms with Crippen molar-refractivity contribution in [1.82, 2.24) is 5.32 Å². The molecule has 0 heterocycles. The molecule has 0 fully saturated rings. The lowest BCUT2D eigenvalue weighted by atomic mass is 9.98. The Morgan fingerprint density at radius 2 is 1.70 bits per heavy atom. The maximum absolute atomic E-state index is 12.1. The molecule has 4 rings (SSSR count). The number of amides is 1. The molecule has 2 N–H and O–H groups in total. The first kappa shape index (κ1) is 19.8. The maximum atomic E-state index is 12.1. The van der Waals surface area contributed by atoms with Gasteiger partial charge in [0.05, 0.1) is 0 Å². The number of hydrogen-bond acceptors (Lipinski definition) is 3. The minimum atomic E-state index is -0.404. The van der Waals surface area contributed by atoms with Crippen molar-refractivity contribution in [2.45, 2.75) is 19.3 Å². The number of aromatic hydroxyl groups is 1. The summed E-state index contributed by atoms with van der Waals surface area (Å²) in [5.74, 6) is 0.353. The van der Waals surface area contributed by atoms with Crippen molar-refractivity contribution in [2.24, 2.45) is 0 Å². The van der Waals surface area contributed by atoms with Gasteiger partial charge < -0.3 is 15.2 Å². The van der Waals surface area contributed by atoms with E-state index in [1.807, 2.05) is 55.5 Å². The Balaban J connectivity index is 1.27. The van der Waals surface area contributed by atoms with Gasteiger partial charge in [-0.15, -0.1) is 0 Å². The summed E-state index contributed by atoms with van der Waals surface area (Å²) in [5, 5.41) is 12.5. The molecule has 0 aromatic heterocycles. The van der Waals surface area contributed by atoms with Crippen LogP contribution in [0.5, 0.6) is 5.75 Å². The molecule has 1 amide bonds. The molecule has 4 heteroatoms. The molecule has 1 aliphatic carbocycles. The summed E-state index contributed by atoms with van der Waals surface area (Å²) in [6, 6.07) is 22.1. The molecule has 0 aliphatic heterocycles. The van der Waals surface area contributed by atoms with Gasteiger partial charge in [0, 0.05) is 12.5 Å². The SMILES string of the molecule is Cc1ccc(C=CCCNC(=O)OCC2c3ccccc3-c3ccccc32)cc1O. The number of carbonyl (C=O) groups is 1. The summed E-state index contributed by atoms with van der Waals surface area (Å²) in [7, 11) is 0. The normalized spacial score (nSPS) is 12.6. The van der Waals surface area contributed by atoms with Gasteiger partial charge in [-0.3, -0.25) is 0 Å². The summed E-state index contributed by atoms with van der Waals surface area (Å²) in [5.41, 5.74) is 6.62. The van der Waals surface area contributed by atoms with Gasteiger partial charge in [-0.05, 0) is 52.8 Å². The van der Waals surface area contributed by atoms with Gasteiger partial charge >= 0.3 is 6.09 Å². The average molecular weight is 399 g/mol. The zero-order valence-corrected chi connectivity index (χ0v) is 17.0. The summed E-state index contributed by atoms with van der Waals surface area (Å²) < 4.78 is 5.53. The molecule has 0 saturated heterocycles. The molecule has 0 saturated carbocycles. The Kier molecular flexibility index (Phi) is 5.84. The fourth-order valence-corrected chi connectivity index (χ4v) is 3.86. The molecule has 0 atom stereocenters. The Morgan fingerprint density at radius 1 is 1.03 bits per heavy atom. The van der Waals surface area contributed by atoms with Crippen molar-refractivity contribution >= 4 is 12.2 Å². The van der Waals surface area contributed by atoms with E-state index in [1.54, 1.807) is 6.07 Å². The minimum absolute atomic E-state index is 0.0669. The lowest BCUT2D eigenvalue weighted by Gasteiger charge is -2.14. The molecule has 0 bridgehead atoms. The van der Waals surface area contributed by atoms with E-state index in [-0.39, 0.29) is 11.7 Å². The highest BCUT2D eigenvalue weighted by molar-refractivity contribution is 5.79. The van der Waals surface area contributed by atoms with E-state index < -0.39 is 6.09 Å². The van der Waals surface area contributed by atoms with Crippen LogP contribution < -0.4 is 5.32 Å². The van der Waals surface area contributed by atoms with E-state index >= 15 is 0 Å². The second kappa shape index (κ2) is 8.87. The highest BCUT2D eigenvalue weighted by atomic mass is 16.5. The topological polar surface area (TPSA) is 58.6 Å². The quantitative estimate of drug-likeness (QED) is 0.527. The molecule has 152 valence electrons. The van der Waals surface area contributed by atoms with Crippen LogP contribution >= 0.6 is 0 Å². The van der Waals surface area contributed by atoms with Gasteiger partial charge in [0.15, 0.2) is 0 Å². The van der Waals surface area contributed by atoms with Crippen molar-refractivity contribution in [1.29, 1.82) is 0 Å². The van der Waals surface area contributed by atoms with E-state index in [9.17, 15) is 9.90 Å². The van der Waals surface area contributed by atoms with Gasteiger partial charge in [0.1, 0.15) is 12.4 Å². The van der Waals surface area contributed by atoms with E-state index in [2.05, 4.69) is 29.6 Å². The third kappa shape index (κ3) is 4.23. The highest BCUT2D eigenvalue weighted by Crippen LogP contribution is 2.44. The molecular weight excluding hydrogens is 374 g/mol. The van der Waals surface area contributed by atoms with Gasteiger partial charge in [-0.2, -0.15) is 0 Å². The van der Waals surface area contributed by atoms with Crippen molar-refractivity contribution < 1.29 is 14.6 Å². The molecule has 3 aromatic rings. The minimum Gasteiger partial charge on any atom is -0.508 e. The van der Waals surface area contributed by atoms with E-state index in [1.165, 1.54) is 22.3 Å². The van der Waals surface area contributed by atoms with Crippen LogP contribution in [-0.2, 0) is 4.74 Å². The number of hydrogen-bond donors (Lipinski definition) is 2. The van der Waals surface area contributed by atoms with Crippen LogP contribution in [0.3, 0.4) is 0 Å². The standard InChI is InChI=1S/C26H25NO3/c1-18-13-14-19(16-25(18)28)8-6-7-15-27-26(29)30-17-24-22-11-4-2-9-20(22)21-10-3-5-12-23(21)24/h2-6,8-14,16,24,28H,7,15,17H2,1H3,(H,27,29). The number of ether oxygens (including phenoxy) is 1. The zero-order valence-electron chi connectivity index (χ0n) is 17.0. The van der Waals surface area contributed by atoms with Crippen LogP contribution in [-0.4, -0.2) is 24.4 Å². The predicted octanol–water partition coefficient (Wildman–Crippen LogP) is 5.64. The fraction of sp³-hybridized carbons (Fsp3) is 0.192.